The minimum Gasteiger partial charge on any atom is -0.481 e. The number of hydrogen-bond acceptors (Lipinski definition) is 2. The molecule has 1 aromatic rings. The van der Waals surface area contributed by atoms with Gasteiger partial charge in [-0.3, -0.25) is 9.59 Å². The molecule has 0 spiro atoms. The molecule has 4 nitrogen and oxygen atoms in total. The number of allylic oxidation sites excluding steroid dienone is 1. The highest BCUT2D eigenvalue weighted by Gasteiger charge is 2.27. The molecule has 1 heterocycles. The fourth-order valence-corrected chi connectivity index (χ4v) is 2.44. The summed E-state index contributed by atoms with van der Waals surface area (Å²) in [7, 11) is 0. The van der Waals surface area contributed by atoms with Crippen LogP contribution in [0.2, 0.25) is 0 Å². The van der Waals surface area contributed by atoms with Crippen LogP contribution in [-0.4, -0.2) is 35.0 Å². The van der Waals surface area contributed by atoms with Crippen molar-refractivity contribution in [3.05, 3.63) is 42.0 Å². The van der Waals surface area contributed by atoms with Crippen LogP contribution in [0.5, 0.6) is 0 Å². The second-order valence-electron chi connectivity index (χ2n) is 5.16. The molecule has 1 amide bonds. The van der Waals surface area contributed by atoms with E-state index in [0.717, 1.165) is 17.6 Å². The number of hydrogen-bond donors (Lipinski definition) is 1. The van der Waals surface area contributed by atoms with Crippen molar-refractivity contribution in [3.8, 4) is 0 Å². The Bertz CT molecular complexity index is 522. The average Bonchev–Trinajstić information content (AvgIpc) is 2.48. The largest absolute Gasteiger partial charge is 0.481 e. The Labute approximate surface area is 118 Å². The van der Waals surface area contributed by atoms with E-state index in [1.807, 2.05) is 37.3 Å². The number of likely N-dealkylation sites (tertiary alicyclic amines) is 1. The number of amides is 1. The summed E-state index contributed by atoms with van der Waals surface area (Å²) in [5, 5.41) is 9.04. The van der Waals surface area contributed by atoms with Gasteiger partial charge in [-0.2, -0.15) is 0 Å². The molecule has 0 bridgehead atoms. The van der Waals surface area contributed by atoms with Crippen molar-refractivity contribution in [1.82, 2.24) is 4.90 Å². The minimum absolute atomic E-state index is 0.0997. The molecule has 1 unspecified atom stereocenters. The second-order valence-corrected chi connectivity index (χ2v) is 5.16. The molecular weight excluding hydrogens is 254 g/mol. The van der Waals surface area contributed by atoms with E-state index in [2.05, 4.69) is 0 Å². The fourth-order valence-electron chi connectivity index (χ4n) is 2.44. The van der Waals surface area contributed by atoms with Crippen LogP contribution in [0.15, 0.2) is 36.4 Å². The number of nitrogens with zero attached hydrogens (tertiary/aromatic N) is 1. The lowest BCUT2D eigenvalue weighted by atomic mass is 9.98. The summed E-state index contributed by atoms with van der Waals surface area (Å²) in [6, 6.07) is 9.70. The summed E-state index contributed by atoms with van der Waals surface area (Å²) in [6.45, 7) is 2.85. The van der Waals surface area contributed by atoms with Crippen LogP contribution < -0.4 is 0 Å². The lowest BCUT2D eigenvalue weighted by Crippen LogP contribution is -2.41. The first-order chi connectivity index (χ1) is 9.58. The Balaban J connectivity index is 2.06. The van der Waals surface area contributed by atoms with E-state index in [-0.39, 0.29) is 5.91 Å². The Kier molecular flexibility index (Phi) is 4.56. The predicted octanol–water partition coefficient (Wildman–Crippen LogP) is 2.41. The molecule has 0 radical (unpaired) electrons. The number of benzene rings is 1. The molecule has 1 atom stereocenters. The quantitative estimate of drug-likeness (QED) is 0.860. The van der Waals surface area contributed by atoms with E-state index < -0.39 is 11.9 Å². The average molecular weight is 273 g/mol. The summed E-state index contributed by atoms with van der Waals surface area (Å²) in [5.74, 6) is -1.35. The fraction of sp³-hybridized carbons (Fsp3) is 0.375. The molecule has 20 heavy (non-hydrogen) atoms. The third-order valence-electron chi connectivity index (χ3n) is 3.65. The van der Waals surface area contributed by atoms with Crippen LogP contribution in [-0.2, 0) is 9.59 Å². The number of carboxylic acid groups (broad SMARTS) is 1. The summed E-state index contributed by atoms with van der Waals surface area (Å²) >= 11 is 0. The van der Waals surface area contributed by atoms with Gasteiger partial charge in [-0.25, -0.2) is 0 Å². The van der Waals surface area contributed by atoms with Gasteiger partial charge in [0.05, 0.1) is 5.92 Å². The first-order valence-corrected chi connectivity index (χ1v) is 6.83. The van der Waals surface area contributed by atoms with E-state index in [0.29, 0.717) is 19.5 Å². The Hall–Kier alpha value is -2.10. The highest BCUT2D eigenvalue weighted by molar-refractivity contribution is 5.95. The Morgan fingerprint density at radius 1 is 1.30 bits per heavy atom. The first-order valence-electron chi connectivity index (χ1n) is 6.83. The normalized spacial score (nSPS) is 19.8. The molecule has 1 saturated heterocycles. The van der Waals surface area contributed by atoms with Crippen molar-refractivity contribution >= 4 is 17.4 Å². The van der Waals surface area contributed by atoms with Gasteiger partial charge in [-0.1, -0.05) is 30.3 Å². The van der Waals surface area contributed by atoms with Crippen molar-refractivity contribution in [2.24, 2.45) is 5.92 Å². The van der Waals surface area contributed by atoms with E-state index in [1.165, 1.54) is 0 Å². The van der Waals surface area contributed by atoms with Gasteiger partial charge in [0.25, 0.3) is 0 Å². The summed E-state index contributed by atoms with van der Waals surface area (Å²) < 4.78 is 0. The molecule has 1 aromatic carbocycles. The second kappa shape index (κ2) is 6.37. The van der Waals surface area contributed by atoms with Crippen molar-refractivity contribution in [2.45, 2.75) is 19.8 Å². The zero-order valence-corrected chi connectivity index (χ0v) is 11.6. The number of aliphatic carboxylic acids is 1. The van der Waals surface area contributed by atoms with Gasteiger partial charge in [0.15, 0.2) is 0 Å². The van der Waals surface area contributed by atoms with Gasteiger partial charge in [0, 0.05) is 19.2 Å². The highest BCUT2D eigenvalue weighted by Crippen LogP contribution is 2.19. The van der Waals surface area contributed by atoms with Crippen molar-refractivity contribution in [1.29, 1.82) is 0 Å². The lowest BCUT2D eigenvalue weighted by molar-refractivity contribution is -0.144. The number of carbonyl (C=O) groups excluding carboxylic acids is 1. The molecular formula is C16H19NO3. The molecule has 1 fully saturated rings. The van der Waals surface area contributed by atoms with Crippen molar-refractivity contribution in [2.75, 3.05) is 13.1 Å². The zero-order chi connectivity index (χ0) is 14.5. The highest BCUT2D eigenvalue weighted by atomic mass is 16.4. The molecule has 1 N–H and O–H groups in total. The van der Waals surface area contributed by atoms with Gasteiger partial charge >= 0.3 is 5.97 Å². The van der Waals surface area contributed by atoms with Crippen LogP contribution in [0.4, 0.5) is 0 Å². The Morgan fingerprint density at radius 3 is 2.65 bits per heavy atom. The van der Waals surface area contributed by atoms with Crippen molar-refractivity contribution in [3.63, 3.8) is 0 Å². The van der Waals surface area contributed by atoms with Gasteiger partial charge in [0.2, 0.25) is 5.91 Å². The molecule has 0 aromatic heterocycles. The topological polar surface area (TPSA) is 57.6 Å². The van der Waals surface area contributed by atoms with Crippen LogP contribution in [0.3, 0.4) is 0 Å². The monoisotopic (exact) mass is 273 g/mol. The summed E-state index contributed by atoms with van der Waals surface area (Å²) in [5.41, 5.74) is 1.90. The number of rotatable bonds is 3. The van der Waals surface area contributed by atoms with E-state index >= 15 is 0 Å². The van der Waals surface area contributed by atoms with Crippen LogP contribution in [0, 0.1) is 5.92 Å². The van der Waals surface area contributed by atoms with Gasteiger partial charge in [0.1, 0.15) is 0 Å². The number of carbonyl (C=O) groups is 2. The molecule has 2 rings (SSSR count). The summed E-state index contributed by atoms with van der Waals surface area (Å²) in [4.78, 5) is 24.9. The van der Waals surface area contributed by atoms with E-state index in [1.54, 1.807) is 11.0 Å². The lowest BCUT2D eigenvalue weighted by Gasteiger charge is -2.30. The van der Waals surface area contributed by atoms with Gasteiger partial charge < -0.3 is 10.0 Å². The Morgan fingerprint density at radius 2 is 2.00 bits per heavy atom. The van der Waals surface area contributed by atoms with Crippen LogP contribution >= 0.6 is 0 Å². The SMILES string of the molecule is CC(=CC(=O)N1CCCC(C(=O)O)C1)c1ccccc1. The van der Waals surface area contributed by atoms with Crippen molar-refractivity contribution < 1.29 is 14.7 Å². The molecule has 0 saturated carbocycles. The standard InChI is InChI=1S/C16H19NO3/c1-12(13-6-3-2-4-7-13)10-15(18)17-9-5-8-14(11-17)16(19)20/h2-4,6-7,10,14H,5,8-9,11H2,1H3,(H,19,20). The minimum atomic E-state index is -0.814. The maximum Gasteiger partial charge on any atom is 0.308 e. The maximum atomic E-state index is 12.2. The number of piperidine rings is 1. The maximum absolute atomic E-state index is 12.2. The smallest absolute Gasteiger partial charge is 0.308 e. The molecule has 0 aliphatic carbocycles. The number of carboxylic acids is 1. The van der Waals surface area contributed by atoms with Crippen LogP contribution in [0.1, 0.15) is 25.3 Å². The third-order valence-corrected chi connectivity index (χ3v) is 3.65. The van der Waals surface area contributed by atoms with E-state index in [9.17, 15) is 9.59 Å². The summed E-state index contributed by atoms with van der Waals surface area (Å²) in [6.07, 6.45) is 3.00. The van der Waals surface area contributed by atoms with E-state index in [4.69, 9.17) is 5.11 Å². The van der Waals surface area contributed by atoms with Gasteiger partial charge in [-0.15, -0.1) is 0 Å². The third kappa shape index (κ3) is 3.47. The van der Waals surface area contributed by atoms with Crippen LogP contribution in [0.25, 0.3) is 5.57 Å². The molecule has 4 heteroatoms. The predicted molar refractivity (Wildman–Crippen MR) is 77.0 cm³/mol. The zero-order valence-electron chi connectivity index (χ0n) is 11.6. The first kappa shape index (κ1) is 14.3. The van der Waals surface area contributed by atoms with Gasteiger partial charge in [-0.05, 0) is 30.9 Å². The molecule has 1 aliphatic heterocycles. The molecule has 106 valence electrons. The molecule has 1 aliphatic rings.